The van der Waals surface area contributed by atoms with Crippen LogP contribution in [0.5, 0.6) is 0 Å². The summed E-state index contributed by atoms with van der Waals surface area (Å²) in [6.45, 7) is 4.37. The molecule has 3 aromatic carbocycles. The summed E-state index contributed by atoms with van der Waals surface area (Å²) in [7, 11) is 0. The maximum absolute atomic E-state index is 12.3. The summed E-state index contributed by atoms with van der Waals surface area (Å²) in [5.74, 6) is -0.0356. The van der Waals surface area contributed by atoms with E-state index >= 15 is 0 Å². The highest BCUT2D eigenvalue weighted by molar-refractivity contribution is 6.01. The standard InChI is InChI=1S/C22H22N2O/c1-14-6-10-18(12-15(14)2)24-21(25)13-23-20-11-9-17-8-7-16-4-3-5-19(20)22(16)17/h3-6,9-12,23H,7-8,13H2,1-2H3,(H,24,25). The fraction of sp³-hybridized carbons (Fsp3) is 0.227. The molecule has 0 unspecified atom stereocenters. The number of nitrogens with one attached hydrogen (secondary N) is 2. The summed E-state index contributed by atoms with van der Waals surface area (Å²) in [6.07, 6.45) is 2.23. The molecule has 1 amide bonds. The molecule has 0 atom stereocenters. The molecule has 0 bridgehead atoms. The van der Waals surface area contributed by atoms with Crippen molar-refractivity contribution in [1.82, 2.24) is 0 Å². The van der Waals surface area contributed by atoms with Gasteiger partial charge in [-0.1, -0.05) is 30.3 Å². The fourth-order valence-corrected chi connectivity index (χ4v) is 3.60. The van der Waals surface area contributed by atoms with Crippen molar-refractivity contribution in [2.45, 2.75) is 26.7 Å². The molecule has 25 heavy (non-hydrogen) atoms. The minimum Gasteiger partial charge on any atom is -0.376 e. The van der Waals surface area contributed by atoms with Crippen LogP contribution in [0.3, 0.4) is 0 Å². The summed E-state index contributed by atoms with van der Waals surface area (Å²) < 4.78 is 0. The summed E-state index contributed by atoms with van der Waals surface area (Å²) in [6, 6.07) is 16.7. The van der Waals surface area contributed by atoms with Crippen molar-refractivity contribution in [3.05, 3.63) is 70.8 Å². The second kappa shape index (κ2) is 6.25. The molecule has 0 heterocycles. The van der Waals surface area contributed by atoms with Gasteiger partial charge in [-0.15, -0.1) is 0 Å². The van der Waals surface area contributed by atoms with E-state index in [-0.39, 0.29) is 12.5 Å². The van der Waals surface area contributed by atoms with Gasteiger partial charge in [-0.3, -0.25) is 4.79 Å². The summed E-state index contributed by atoms with van der Waals surface area (Å²) >= 11 is 0. The first-order valence-electron chi connectivity index (χ1n) is 8.76. The van der Waals surface area contributed by atoms with Crippen molar-refractivity contribution < 1.29 is 4.79 Å². The molecule has 0 aromatic heterocycles. The van der Waals surface area contributed by atoms with Crippen LogP contribution in [0.25, 0.3) is 10.8 Å². The predicted molar refractivity (Wildman–Crippen MR) is 104 cm³/mol. The third kappa shape index (κ3) is 2.98. The van der Waals surface area contributed by atoms with Crippen LogP contribution in [0.15, 0.2) is 48.5 Å². The Labute approximate surface area is 148 Å². The van der Waals surface area contributed by atoms with Crippen molar-refractivity contribution in [3.8, 4) is 0 Å². The number of benzene rings is 3. The number of anilines is 2. The quantitative estimate of drug-likeness (QED) is 0.734. The molecule has 4 rings (SSSR count). The molecule has 0 fully saturated rings. The number of hydrogen-bond acceptors (Lipinski definition) is 2. The first-order valence-corrected chi connectivity index (χ1v) is 8.76. The molecule has 3 heteroatoms. The molecule has 0 saturated heterocycles. The number of carbonyl (C=O) groups excluding carboxylic acids is 1. The highest BCUT2D eigenvalue weighted by Gasteiger charge is 2.15. The number of aryl methyl sites for hydroxylation is 4. The Morgan fingerprint density at radius 3 is 2.56 bits per heavy atom. The van der Waals surface area contributed by atoms with Crippen LogP contribution < -0.4 is 10.6 Å². The van der Waals surface area contributed by atoms with E-state index in [4.69, 9.17) is 0 Å². The van der Waals surface area contributed by atoms with Crippen LogP contribution in [0.1, 0.15) is 22.3 Å². The second-order valence-corrected chi connectivity index (χ2v) is 6.81. The van der Waals surface area contributed by atoms with Crippen molar-refractivity contribution in [2.24, 2.45) is 0 Å². The van der Waals surface area contributed by atoms with E-state index < -0.39 is 0 Å². The van der Waals surface area contributed by atoms with E-state index in [1.807, 2.05) is 18.2 Å². The third-order valence-corrected chi connectivity index (χ3v) is 5.11. The van der Waals surface area contributed by atoms with E-state index in [0.29, 0.717) is 0 Å². The van der Waals surface area contributed by atoms with E-state index in [0.717, 1.165) is 24.2 Å². The second-order valence-electron chi connectivity index (χ2n) is 6.81. The Hall–Kier alpha value is -2.81. The molecule has 3 nitrogen and oxygen atoms in total. The Morgan fingerprint density at radius 1 is 0.960 bits per heavy atom. The van der Waals surface area contributed by atoms with Gasteiger partial charge in [0.15, 0.2) is 0 Å². The SMILES string of the molecule is Cc1ccc(NC(=O)CNc2ccc3c4c(cccc24)CC3)cc1C. The lowest BCUT2D eigenvalue weighted by Gasteiger charge is -2.12. The van der Waals surface area contributed by atoms with Crippen molar-refractivity contribution in [1.29, 1.82) is 0 Å². The van der Waals surface area contributed by atoms with Gasteiger partial charge in [0.2, 0.25) is 5.91 Å². The van der Waals surface area contributed by atoms with Gasteiger partial charge in [0.1, 0.15) is 0 Å². The van der Waals surface area contributed by atoms with Crippen molar-refractivity contribution >= 4 is 28.1 Å². The Morgan fingerprint density at radius 2 is 1.76 bits per heavy atom. The lowest BCUT2D eigenvalue weighted by atomic mass is 10.0. The van der Waals surface area contributed by atoms with Crippen LogP contribution in [-0.4, -0.2) is 12.5 Å². The van der Waals surface area contributed by atoms with Crippen LogP contribution in [-0.2, 0) is 17.6 Å². The van der Waals surface area contributed by atoms with Crippen molar-refractivity contribution in [3.63, 3.8) is 0 Å². The monoisotopic (exact) mass is 330 g/mol. The number of hydrogen-bond donors (Lipinski definition) is 2. The average Bonchev–Trinajstić information content (AvgIpc) is 3.03. The molecular weight excluding hydrogens is 308 g/mol. The first kappa shape index (κ1) is 15.7. The molecule has 0 saturated carbocycles. The van der Waals surface area contributed by atoms with Gasteiger partial charge < -0.3 is 10.6 Å². The van der Waals surface area contributed by atoms with E-state index in [1.165, 1.54) is 33.0 Å². The Bertz CT molecular complexity index is 965. The minimum atomic E-state index is -0.0356. The predicted octanol–water partition coefficient (Wildman–Crippen LogP) is 4.61. The molecule has 1 aliphatic carbocycles. The van der Waals surface area contributed by atoms with Crippen LogP contribution in [0.4, 0.5) is 11.4 Å². The molecule has 0 spiro atoms. The van der Waals surface area contributed by atoms with Gasteiger partial charge in [0.05, 0.1) is 6.54 Å². The molecular formula is C22H22N2O. The van der Waals surface area contributed by atoms with Gasteiger partial charge >= 0.3 is 0 Å². The molecule has 3 aromatic rings. The minimum absolute atomic E-state index is 0.0356. The van der Waals surface area contributed by atoms with E-state index in [9.17, 15) is 4.79 Å². The summed E-state index contributed by atoms with van der Waals surface area (Å²) in [5.41, 5.74) is 7.10. The fourth-order valence-electron chi connectivity index (χ4n) is 3.60. The smallest absolute Gasteiger partial charge is 0.243 e. The number of rotatable bonds is 4. The lowest BCUT2D eigenvalue weighted by Crippen LogP contribution is -2.21. The van der Waals surface area contributed by atoms with Gasteiger partial charge in [-0.05, 0) is 72.5 Å². The molecule has 0 aliphatic heterocycles. The zero-order chi connectivity index (χ0) is 17.4. The van der Waals surface area contributed by atoms with E-state index in [1.54, 1.807) is 0 Å². The van der Waals surface area contributed by atoms with Gasteiger partial charge in [0.25, 0.3) is 0 Å². The third-order valence-electron chi connectivity index (χ3n) is 5.11. The zero-order valence-corrected chi connectivity index (χ0v) is 14.6. The van der Waals surface area contributed by atoms with Gasteiger partial charge in [-0.2, -0.15) is 0 Å². The zero-order valence-electron chi connectivity index (χ0n) is 14.6. The molecule has 0 radical (unpaired) electrons. The number of amides is 1. The average molecular weight is 330 g/mol. The lowest BCUT2D eigenvalue weighted by molar-refractivity contribution is -0.114. The summed E-state index contributed by atoms with van der Waals surface area (Å²) in [4.78, 5) is 12.3. The number of carbonyl (C=O) groups is 1. The molecule has 1 aliphatic rings. The van der Waals surface area contributed by atoms with Crippen LogP contribution in [0.2, 0.25) is 0 Å². The van der Waals surface area contributed by atoms with Crippen LogP contribution in [0, 0.1) is 13.8 Å². The normalized spacial score (nSPS) is 12.4. The summed E-state index contributed by atoms with van der Waals surface area (Å²) in [5, 5.41) is 8.84. The van der Waals surface area contributed by atoms with E-state index in [2.05, 4.69) is 54.8 Å². The van der Waals surface area contributed by atoms with Crippen LogP contribution >= 0.6 is 0 Å². The van der Waals surface area contributed by atoms with Gasteiger partial charge in [-0.25, -0.2) is 0 Å². The largest absolute Gasteiger partial charge is 0.376 e. The Kier molecular flexibility index (Phi) is 3.92. The Balaban J connectivity index is 1.49. The highest BCUT2D eigenvalue weighted by atomic mass is 16.1. The first-order chi connectivity index (χ1) is 12.1. The highest BCUT2D eigenvalue weighted by Crippen LogP contribution is 2.34. The topological polar surface area (TPSA) is 41.1 Å². The maximum Gasteiger partial charge on any atom is 0.243 e. The molecule has 2 N–H and O–H groups in total. The maximum atomic E-state index is 12.3. The molecule has 126 valence electrons. The van der Waals surface area contributed by atoms with Crippen molar-refractivity contribution in [2.75, 3.05) is 17.2 Å². The van der Waals surface area contributed by atoms with Gasteiger partial charge in [0, 0.05) is 16.8 Å².